The van der Waals surface area contributed by atoms with E-state index >= 15 is 0 Å². The second kappa shape index (κ2) is 8.02. The molecule has 0 amide bonds. The summed E-state index contributed by atoms with van der Waals surface area (Å²) in [5, 5.41) is 1.08. The Balaban J connectivity index is 1.22. The fourth-order valence-corrected chi connectivity index (χ4v) is 5.66. The van der Waals surface area contributed by atoms with Crippen molar-refractivity contribution in [2.24, 2.45) is 27.7 Å². The highest BCUT2D eigenvalue weighted by Gasteiger charge is 2.48. The van der Waals surface area contributed by atoms with Crippen LogP contribution in [0.2, 0.25) is 0 Å². The van der Waals surface area contributed by atoms with Gasteiger partial charge in [-0.25, -0.2) is 4.98 Å². The number of hydrogen-bond acceptors (Lipinski definition) is 6. The third-order valence-electron chi connectivity index (χ3n) is 7.79. The number of fused-ring (bicyclic) bond motifs is 2. The molecule has 1 saturated carbocycles. The van der Waals surface area contributed by atoms with E-state index in [0.717, 1.165) is 51.0 Å². The predicted octanol–water partition coefficient (Wildman–Crippen LogP) is 4.25. The van der Waals surface area contributed by atoms with Crippen molar-refractivity contribution < 1.29 is 4.59 Å². The van der Waals surface area contributed by atoms with Crippen LogP contribution in [0.5, 0.6) is 0 Å². The average Bonchev–Trinajstić information content (AvgIpc) is 3.14. The third kappa shape index (κ3) is 3.46. The Morgan fingerprint density at radius 1 is 1.03 bits per heavy atom. The number of quaternary nitrogens is 1. The maximum Gasteiger partial charge on any atom is 0.264 e. The summed E-state index contributed by atoms with van der Waals surface area (Å²) >= 11 is 0. The molecule has 0 bridgehead atoms. The van der Waals surface area contributed by atoms with Gasteiger partial charge in [0.05, 0.1) is 34.9 Å². The second-order valence-corrected chi connectivity index (χ2v) is 10.1. The number of pyridine rings is 2. The van der Waals surface area contributed by atoms with E-state index in [1.54, 1.807) is 12.4 Å². The highest BCUT2D eigenvalue weighted by Crippen LogP contribution is 2.45. The number of aromatic nitrogens is 2. The molecule has 0 spiro atoms. The summed E-state index contributed by atoms with van der Waals surface area (Å²) in [7, 11) is 0. The smallest absolute Gasteiger partial charge is 0.264 e. The summed E-state index contributed by atoms with van der Waals surface area (Å²) in [5.74, 6) is 9.03. The van der Waals surface area contributed by atoms with E-state index in [1.807, 2.05) is 36.7 Å². The Labute approximate surface area is 204 Å². The molecule has 1 aliphatic carbocycles. The number of aliphatic imine (C=N–C) groups is 2. The van der Waals surface area contributed by atoms with Gasteiger partial charge in [-0.15, -0.1) is 4.59 Å². The molecule has 3 aliphatic heterocycles. The van der Waals surface area contributed by atoms with Crippen LogP contribution in [0.25, 0.3) is 22.3 Å². The van der Waals surface area contributed by atoms with Crippen LogP contribution in [0.4, 0.5) is 0 Å². The number of nitrogens with zero attached hydrogens (tertiary/aromatic N) is 6. The van der Waals surface area contributed by atoms with Crippen molar-refractivity contribution in [3.05, 3.63) is 84.1 Å². The fourth-order valence-electron chi connectivity index (χ4n) is 5.66. The molecule has 7 heteroatoms. The van der Waals surface area contributed by atoms with Gasteiger partial charge in [0.2, 0.25) is 5.70 Å². The molecule has 174 valence electrons. The Hall–Kier alpha value is -3.52. The van der Waals surface area contributed by atoms with E-state index in [9.17, 15) is 0 Å². The topological polar surface area (TPSA) is 79.8 Å². The molecule has 4 aliphatic rings. The molecule has 2 fully saturated rings. The van der Waals surface area contributed by atoms with Crippen LogP contribution in [0, 0.1) is 11.8 Å². The average molecular weight is 463 g/mol. The quantitative estimate of drug-likeness (QED) is 0.454. The van der Waals surface area contributed by atoms with Crippen molar-refractivity contribution in [1.29, 1.82) is 0 Å². The fraction of sp³-hybridized carbons (Fsp3) is 0.286. The molecular formula is C28H28N7+. The van der Waals surface area contributed by atoms with E-state index in [-0.39, 0.29) is 4.59 Å². The van der Waals surface area contributed by atoms with E-state index < -0.39 is 0 Å². The lowest BCUT2D eigenvalue weighted by atomic mass is 9.72. The zero-order valence-electron chi connectivity index (χ0n) is 19.6. The minimum atomic E-state index is 0.0670. The summed E-state index contributed by atoms with van der Waals surface area (Å²) in [6, 6.07) is 16.3. The van der Waals surface area contributed by atoms with Gasteiger partial charge in [-0.2, -0.15) is 10.8 Å². The summed E-state index contributed by atoms with van der Waals surface area (Å²) < 4.78 is 0.0670. The zero-order valence-corrected chi connectivity index (χ0v) is 19.6. The maximum absolute atomic E-state index is 6.99. The molecular weight excluding hydrogens is 434 g/mol. The van der Waals surface area contributed by atoms with E-state index in [4.69, 9.17) is 15.8 Å². The monoisotopic (exact) mass is 462 g/mol. The maximum atomic E-state index is 6.99. The summed E-state index contributed by atoms with van der Waals surface area (Å²) in [6.07, 6.45) is 11.1. The van der Waals surface area contributed by atoms with Gasteiger partial charge in [0.25, 0.3) is 5.84 Å². The number of rotatable bonds is 5. The van der Waals surface area contributed by atoms with E-state index in [1.165, 1.54) is 38.9 Å². The molecule has 1 saturated heterocycles. The lowest BCUT2D eigenvalue weighted by molar-refractivity contribution is -0.750. The lowest BCUT2D eigenvalue weighted by Crippen LogP contribution is -2.53. The molecule has 5 heterocycles. The first kappa shape index (κ1) is 20.8. The van der Waals surface area contributed by atoms with Crippen molar-refractivity contribution in [1.82, 2.24) is 14.9 Å². The molecule has 0 radical (unpaired) electrons. The van der Waals surface area contributed by atoms with Gasteiger partial charge in [-0.05, 0) is 68.6 Å². The minimum Gasteiger partial charge on any atom is -0.303 e. The molecule has 2 N–H and O–H groups in total. The molecule has 2 aromatic heterocycles. The van der Waals surface area contributed by atoms with Crippen molar-refractivity contribution in [3.8, 4) is 11.4 Å². The summed E-state index contributed by atoms with van der Waals surface area (Å²) in [6.45, 7) is 3.74. The Morgan fingerprint density at radius 2 is 1.91 bits per heavy atom. The molecule has 1 atom stereocenters. The van der Waals surface area contributed by atoms with Crippen LogP contribution in [0.3, 0.4) is 0 Å². The van der Waals surface area contributed by atoms with Crippen LogP contribution < -0.4 is 5.84 Å². The predicted molar refractivity (Wildman–Crippen MR) is 138 cm³/mol. The zero-order chi connectivity index (χ0) is 23.4. The van der Waals surface area contributed by atoms with Gasteiger partial charge in [0, 0.05) is 24.0 Å². The normalized spacial score (nSPS) is 27.5. The van der Waals surface area contributed by atoms with E-state index in [0.29, 0.717) is 5.92 Å². The SMILES string of the molecule is N[N+]12C=CN=CC1=C(C1CC(CN3CCC3)C1)N=C2c1ccc2ccc(-c3ccccn3)nc2c1. The Morgan fingerprint density at radius 3 is 2.71 bits per heavy atom. The summed E-state index contributed by atoms with van der Waals surface area (Å²) in [4.78, 5) is 21.5. The standard InChI is InChI=1S/C28H28N7/c29-35-13-10-30-17-26(35)27(22-14-19(15-22)18-34-11-3-12-34)33-28(35)21-6-5-20-7-8-24(32-25(20)16-21)23-4-1-2-9-31-23/h1-2,4-10,13,16-17,19,22H,3,11-12,14-15,18,29H2/q+1. The number of allylic oxidation sites excluding steroid dienone is 2. The van der Waals surface area contributed by atoms with Crippen molar-refractivity contribution >= 4 is 23.0 Å². The van der Waals surface area contributed by atoms with Gasteiger partial charge >= 0.3 is 0 Å². The first-order valence-corrected chi connectivity index (χ1v) is 12.4. The van der Waals surface area contributed by atoms with Gasteiger partial charge in [-0.1, -0.05) is 18.2 Å². The molecule has 3 aromatic rings. The number of hydrogen-bond donors (Lipinski definition) is 1. The minimum absolute atomic E-state index is 0.0670. The van der Waals surface area contributed by atoms with Crippen LogP contribution in [0.1, 0.15) is 24.8 Å². The third-order valence-corrected chi connectivity index (χ3v) is 7.79. The van der Waals surface area contributed by atoms with Crippen LogP contribution in [-0.4, -0.2) is 51.1 Å². The van der Waals surface area contributed by atoms with E-state index in [2.05, 4.69) is 39.1 Å². The van der Waals surface area contributed by atoms with Gasteiger partial charge in [-0.3, -0.25) is 9.98 Å². The Bertz CT molecular complexity index is 1430. The highest BCUT2D eigenvalue weighted by atomic mass is 15.6. The Kier molecular flexibility index (Phi) is 4.77. The molecule has 7 nitrogen and oxygen atoms in total. The molecule has 7 rings (SSSR count). The first-order chi connectivity index (χ1) is 17.2. The number of likely N-dealkylation sites (tertiary alicyclic amines) is 1. The number of amidine groups is 1. The largest absolute Gasteiger partial charge is 0.303 e. The number of benzene rings is 1. The first-order valence-electron chi connectivity index (χ1n) is 12.4. The van der Waals surface area contributed by atoms with Crippen LogP contribution in [-0.2, 0) is 0 Å². The molecule has 1 aromatic carbocycles. The second-order valence-electron chi connectivity index (χ2n) is 10.1. The molecule has 1 unspecified atom stereocenters. The van der Waals surface area contributed by atoms with Crippen molar-refractivity contribution in [2.45, 2.75) is 19.3 Å². The van der Waals surface area contributed by atoms with Crippen molar-refractivity contribution in [3.63, 3.8) is 0 Å². The van der Waals surface area contributed by atoms with Gasteiger partial charge in [0.15, 0.2) is 0 Å². The van der Waals surface area contributed by atoms with Crippen molar-refractivity contribution in [2.75, 3.05) is 19.6 Å². The highest BCUT2D eigenvalue weighted by molar-refractivity contribution is 6.02. The van der Waals surface area contributed by atoms with Crippen LogP contribution >= 0.6 is 0 Å². The van der Waals surface area contributed by atoms with Crippen LogP contribution in [0.15, 0.2) is 88.5 Å². The summed E-state index contributed by atoms with van der Waals surface area (Å²) in [5.41, 5.74) is 5.69. The lowest BCUT2D eigenvalue weighted by Gasteiger charge is -2.41. The van der Waals surface area contributed by atoms with Gasteiger partial charge in [0.1, 0.15) is 11.9 Å². The molecule has 35 heavy (non-hydrogen) atoms. The van der Waals surface area contributed by atoms with Gasteiger partial charge < -0.3 is 4.90 Å². The number of nitrogens with two attached hydrogens (primary N) is 1.